The van der Waals surface area contributed by atoms with E-state index in [-0.39, 0.29) is 14.5 Å². The lowest BCUT2D eigenvalue weighted by molar-refractivity contribution is -0.276. The van der Waals surface area contributed by atoms with Crippen LogP contribution in [0.2, 0.25) is 0 Å². The highest BCUT2D eigenvalue weighted by molar-refractivity contribution is 14.1. The van der Waals surface area contributed by atoms with Gasteiger partial charge in [-0.05, 0) is 28.2 Å². The molecular weight excluding hydrogens is 447 g/mol. The SMILES string of the molecule is FC(F)(F)Oc1ncc(C(F)(F)F)c(CBr)c1I. The standard InChI is InChI=1S/C8H3BrF6INO/c9-1-3-4(7(10,11)12)2-17-6(5(3)16)18-8(13,14)15/h2H,1H2. The molecule has 0 atom stereocenters. The van der Waals surface area contributed by atoms with Gasteiger partial charge in [0.15, 0.2) is 0 Å². The van der Waals surface area contributed by atoms with Crippen molar-refractivity contribution in [3.05, 3.63) is 20.9 Å². The Morgan fingerprint density at radius 2 is 1.78 bits per heavy atom. The molecule has 0 bridgehead atoms. The van der Waals surface area contributed by atoms with Crippen molar-refractivity contribution >= 4 is 38.5 Å². The van der Waals surface area contributed by atoms with Gasteiger partial charge in [-0.1, -0.05) is 15.9 Å². The Bertz CT molecular complexity index is 446. The van der Waals surface area contributed by atoms with Gasteiger partial charge in [0, 0.05) is 11.5 Å². The zero-order valence-corrected chi connectivity index (χ0v) is 11.9. The summed E-state index contributed by atoms with van der Waals surface area (Å²) in [5, 5.41) is -0.267. The minimum absolute atomic E-state index is 0.267. The Labute approximate surface area is 119 Å². The van der Waals surface area contributed by atoms with E-state index in [1.807, 2.05) is 0 Å². The van der Waals surface area contributed by atoms with Gasteiger partial charge < -0.3 is 4.74 Å². The van der Waals surface area contributed by atoms with Crippen LogP contribution in [-0.4, -0.2) is 11.3 Å². The molecule has 1 aromatic rings. The van der Waals surface area contributed by atoms with E-state index in [4.69, 9.17) is 0 Å². The second-order valence-electron chi connectivity index (χ2n) is 2.95. The lowest BCUT2D eigenvalue weighted by Crippen LogP contribution is -2.20. The van der Waals surface area contributed by atoms with Gasteiger partial charge in [0.2, 0.25) is 5.88 Å². The number of nitrogens with zero attached hydrogens (tertiary/aromatic N) is 1. The van der Waals surface area contributed by atoms with Gasteiger partial charge in [-0.25, -0.2) is 4.98 Å². The van der Waals surface area contributed by atoms with Crippen molar-refractivity contribution in [3.63, 3.8) is 0 Å². The third-order valence-electron chi connectivity index (χ3n) is 1.74. The van der Waals surface area contributed by atoms with Crippen LogP contribution >= 0.6 is 38.5 Å². The van der Waals surface area contributed by atoms with Crippen molar-refractivity contribution in [2.24, 2.45) is 0 Å². The van der Waals surface area contributed by atoms with Crippen molar-refractivity contribution in [2.45, 2.75) is 17.9 Å². The first-order valence-electron chi connectivity index (χ1n) is 4.12. The topological polar surface area (TPSA) is 22.1 Å². The molecule has 0 aliphatic rings. The maximum atomic E-state index is 12.6. The summed E-state index contributed by atoms with van der Waals surface area (Å²) in [6.07, 6.45) is -9.37. The molecule has 18 heavy (non-hydrogen) atoms. The molecule has 0 N–H and O–H groups in total. The Hall–Kier alpha value is -0.260. The summed E-state index contributed by atoms with van der Waals surface area (Å²) >= 11 is 4.13. The van der Waals surface area contributed by atoms with E-state index in [0.717, 1.165) is 0 Å². The molecule has 1 aromatic heterocycles. The first-order valence-corrected chi connectivity index (χ1v) is 6.32. The third kappa shape index (κ3) is 3.87. The summed E-state index contributed by atoms with van der Waals surface area (Å²) in [7, 11) is 0. The van der Waals surface area contributed by atoms with Crippen LogP contribution < -0.4 is 4.74 Å². The maximum absolute atomic E-state index is 12.6. The number of aromatic nitrogens is 1. The van der Waals surface area contributed by atoms with Gasteiger partial charge >= 0.3 is 12.5 Å². The Morgan fingerprint density at radius 3 is 2.17 bits per heavy atom. The smallest absolute Gasteiger partial charge is 0.387 e. The number of pyridine rings is 1. The van der Waals surface area contributed by atoms with E-state index in [9.17, 15) is 26.3 Å². The second kappa shape index (κ2) is 5.39. The average molecular weight is 450 g/mol. The molecule has 0 amide bonds. The predicted octanol–water partition coefficient (Wildman–Crippen LogP) is 4.50. The molecule has 2 nitrogen and oxygen atoms in total. The van der Waals surface area contributed by atoms with E-state index < -0.39 is 24.0 Å². The Balaban J connectivity index is 3.29. The van der Waals surface area contributed by atoms with Crippen LogP contribution in [0.25, 0.3) is 0 Å². The van der Waals surface area contributed by atoms with Crippen LogP contribution in [0.15, 0.2) is 6.20 Å². The fourth-order valence-electron chi connectivity index (χ4n) is 1.06. The third-order valence-corrected chi connectivity index (χ3v) is 3.41. The maximum Gasteiger partial charge on any atom is 0.574 e. The van der Waals surface area contributed by atoms with E-state index in [0.29, 0.717) is 6.20 Å². The van der Waals surface area contributed by atoms with Crippen LogP contribution in [0.5, 0.6) is 5.88 Å². The molecule has 10 heteroatoms. The van der Waals surface area contributed by atoms with Crippen molar-refractivity contribution in [3.8, 4) is 5.88 Å². The van der Waals surface area contributed by atoms with Crippen LogP contribution in [-0.2, 0) is 11.5 Å². The molecule has 0 saturated carbocycles. The number of hydrogen-bond acceptors (Lipinski definition) is 2. The largest absolute Gasteiger partial charge is 0.574 e. The number of rotatable bonds is 2. The van der Waals surface area contributed by atoms with Crippen LogP contribution in [0.1, 0.15) is 11.1 Å². The fraction of sp³-hybridized carbons (Fsp3) is 0.375. The summed E-state index contributed by atoms with van der Waals surface area (Å²) in [6, 6.07) is 0. The van der Waals surface area contributed by atoms with Crippen LogP contribution in [0, 0.1) is 3.57 Å². The van der Waals surface area contributed by atoms with Gasteiger partial charge in [0.25, 0.3) is 0 Å². The lowest BCUT2D eigenvalue weighted by Gasteiger charge is -2.15. The van der Waals surface area contributed by atoms with Crippen molar-refractivity contribution in [1.82, 2.24) is 4.98 Å². The summed E-state index contributed by atoms with van der Waals surface area (Å²) in [5.41, 5.74) is -1.45. The number of alkyl halides is 7. The molecule has 1 heterocycles. The van der Waals surface area contributed by atoms with Crippen LogP contribution in [0.4, 0.5) is 26.3 Å². The first kappa shape index (κ1) is 15.8. The van der Waals surface area contributed by atoms with Gasteiger partial charge in [-0.15, -0.1) is 13.2 Å². The normalized spacial score (nSPS) is 12.7. The Kier molecular flexibility index (Phi) is 4.73. The van der Waals surface area contributed by atoms with Crippen molar-refractivity contribution in [2.75, 3.05) is 0 Å². The van der Waals surface area contributed by atoms with Crippen molar-refractivity contribution in [1.29, 1.82) is 0 Å². The molecule has 0 unspecified atom stereocenters. The molecule has 0 aliphatic carbocycles. The highest BCUT2D eigenvalue weighted by atomic mass is 127. The van der Waals surface area contributed by atoms with E-state index in [1.54, 1.807) is 0 Å². The molecule has 0 spiro atoms. The molecule has 102 valence electrons. The quantitative estimate of drug-likeness (QED) is 0.377. The molecule has 1 rings (SSSR count). The Morgan fingerprint density at radius 1 is 1.22 bits per heavy atom. The first-order chi connectivity index (χ1) is 8.06. The number of halogens is 8. The zero-order valence-electron chi connectivity index (χ0n) is 8.16. The van der Waals surface area contributed by atoms with E-state index >= 15 is 0 Å². The average Bonchev–Trinajstić information content (AvgIpc) is 2.17. The molecule has 0 fully saturated rings. The monoisotopic (exact) mass is 449 g/mol. The fourth-order valence-corrected chi connectivity index (χ4v) is 2.90. The van der Waals surface area contributed by atoms with Crippen LogP contribution in [0.3, 0.4) is 0 Å². The van der Waals surface area contributed by atoms with Gasteiger partial charge in [0.1, 0.15) is 0 Å². The molecule has 0 saturated heterocycles. The van der Waals surface area contributed by atoms with Crippen molar-refractivity contribution < 1.29 is 31.1 Å². The predicted molar refractivity (Wildman–Crippen MR) is 61.3 cm³/mol. The highest BCUT2D eigenvalue weighted by Gasteiger charge is 2.38. The van der Waals surface area contributed by atoms with Gasteiger partial charge in [-0.2, -0.15) is 13.2 Å². The molecule has 0 radical (unpaired) electrons. The lowest BCUT2D eigenvalue weighted by atomic mass is 10.1. The summed E-state index contributed by atoms with van der Waals surface area (Å²) in [6.45, 7) is 0. The van der Waals surface area contributed by atoms with E-state index in [1.165, 1.54) is 22.6 Å². The summed E-state index contributed by atoms with van der Waals surface area (Å²) in [5.74, 6) is -0.898. The molecular formula is C8H3BrF6INO. The minimum Gasteiger partial charge on any atom is -0.387 e. The second-order valence-corrected chi connectivity index (χ2v) is 4.59. The van der Waals surface area contributed by atoms with E-state index in [2.05, 4.69) is 25.7 Å². The highest BCUT2D eigenvalue weighted by Crippen LogP contribution is 2.38. The zero-order chi connectivity index (χ0) is 14.1. The molecule has 0 aromatic carbocycles. The minimum atomic E-state index is -5.00. The number of hydrogen-bond donors (Lipinski definition) is 0. The summed E-state index contributed by atoms with van der Waals surface area (Å²) < 4.78 is 76.8. The van der Waals surface area contributed by atoms with Gasteiger partial charge in [0.05, 0.1) is 9.13 Å². The number of ether oxygens (including phenoxy) is 1. The van der Waals surface area contributed by atoms with Gasteiger partial charge in [-0.3, -0.25) is 0 Å². The summed E-state index contributed by atoms with van der Waals surface area (Å²) in [4.78, 5) is 3.05. The molecule has 0 aliphatic heterocycles.